The lowest BCUT2D eigenvalue weighted by Crippen LogP contribution is -2.46. The monoisotopic (exact) mass is 956 g/mol. The van der Waals surface area contributed by atoms with E-state index in [1.807, 2.05) is 27.9 Å². The van der Waals surface area contributed by atoms with Gasteiger partial charge >= 0.3 is 11.9 Å². The van der Waals surface area contributed by atoms with Gasteiger partial charge in [0, 0.05) is 13.2 Å². The van der Waals surface area contributed by atoms with Crippen LogP contribution in [0.2, 0.25) is 0 Å². The Kier molecular flexibility index (Phi) is 46.3. The van der Waals surface area contributed by atoms with E-state index >= 15 is 0 Å². The molecule has 0 heterocycles. The van der Waals surface area contributed by atoms with Gasteiger partial charge in [0.05, 0.1) is 30.5 Å². The second-order valence-corrected chi connectivity index (χ2v) is 20.3. The van der Waals surface area contributed by atoms with E-state index in [1.165, 1.54) is 103 Å². The third kappa shape index (κ3) is 38.4. The molecule has 0 saturated heterocycles. The maximum absolute atomic E-state index is 13.2. The minimum Gasteiger partial charge on any atom is -0.464 e. The van der Waals surface area contributed by atoms with Crippen LogP contribution in [-0.4, -0.2) is 104 Å². The third-order valence-electron chi connectivity index (χ3n) is 12.9. The Balaban J connectivity index is 0. The molecule has 0 bridgehead atoms. The summed E-state index contributed by atoms with van der Waals surface area (Å²) in [5.74, 6) is -0.325. The minimum absolute atomic E-state index is 0.0241. The lowest BCUT2D eigenvalue weighted by molar-refractivity contribution is -0.147. The lowest BCUT2D eigenvalue weighted by atomic mass is 9.85. The topological polar surface area (TPSA) is 89.6 Å². The Morgan fingerprint density at radius 1 is 0.591 bits per heavy atom. The molecule has 2 unspecified atom stereocenters. The largest absolute Gasteiger partial charge is 0.464 e. The molecule has 0 fully saturated rings. The Hall–Kier alpha value is -1.49. The van der Waals surface area contributed by atoms with Crippen molar-refractivity contribution in [2.24, 2.45) is 5.92 Å². The molecule has 0 aromatic rings. The fraction of sp³-hybridized carbons (Fsp3) is 0.946. The molecule has 10 heteroatoms. The van der Waals surface area contributed by atoms with Gasteiger partial charge in [-0.15, -0.1) is 0 Å². The summed E-state index contributed by atoms with van der Waals surface area (Å²) < 4.78 is 25.1. The van der Waals surface area contributed by atoms with Crippen molar-refractivity contribution in [2.45, 2.75) is 279 Å². The van der Waals surface area contributed by atoms with E-state index in [1.54, 1.807) is 4.90 Å². The number of nitrogens with one attached hydrogen (secondary N) is 1. The van der Waals surface area contributed by atoms with Crippen LogP contribution in [0.3, 0.4) is 0 Å². The highest BCUT2D eigenvalue weighted by Gasteiger charge is 2.32. The number of hydrogen-bond acceptors (Lipinski definition) is 8. The first-order valence-corrected chi connectivity index (χ1v) is 28.5. The zero-order valence-corrected chi connectivity index (χ0v) is 46.9. The number of nitrogens with zero attached hydrogens (tertiary/aromatic N) is 2. The van der Waals surface area contributed by atoms with E-state index in [0.717, 1.165) is 103 Å². The quantitative estimate of drug-likeness (QED) is 0.0361. The van der Waals surface area contributed by atoms with Crippen LogP contribution < -0.4 is 5.32 Å². The predicted molar refractivity (Wildman–Crippen MR) is 288 cm³/mol. The number of carbonyl (C=O) groups is 2. The number of unbranched alkanes of at least 4 members (excludes halogenated alkanes) is 14. The van der Waals surface area contributed by atoms with Gasteiger partial charge in [-0.2, -0.15) is 0 Å². The van der Waals surface area contributed by atoms with Crippen molar-refractivity contribution < 1.29 is 28.5 Å². The van der Waals surface area contributed by atoms with Crippen LogP contribution in [-0.2, 0) is 28.5 Å². The number of esters is 2. The Bertz CT molecular complexity index is 1090. The summed E-state index contributed by atoms with van der Waals surface area (Å²) in [5, 5.41) is 3.61. The van der Waals surface area contributed by atoms with Crippen LogP contribution >= 0.6 is 12.2 Å². The molecule has 0 spiro atoms. The minimum atomic E-state index is -0.385. The van der Waals surface area contributed by atoms with Gasteiger partial charge < -0.3 is 34.1 Å². The average molecular weight is 957 g/mol. The molecular weight excluding hydrogens is 843 g/mol. The standard InChI is InChI=1S/C54H107N3O6S.C2H6/c1-11-17-21-27-37-53(8,38-28-22-18-12-2)62-47-48(7)34-25-31-43-60-50(58)45-57(52(64)55-41-33-42-56(9)10)46-51(59)61-44-32-26-35-49(16-6)63-54(36-15-5,39-29-23-19-13-3)40-30-24-20-14-4;1-2/h48-49H,11-47H2,1-10H3,(H,55,64);1-2H3. The molecule has 1 N–H and O–H groups in total. The summed E-state index contributed by atoms with van der Waals surface area (Å²) >= 11 is 5.69. The van der Waals surface area contributed by atoms with Crippen LogP contribution in [0.1, 0.15) is 262 Å². The highest BCUT2D eigenvalue weighted by molar-refractivity contribution is 7.80. The van der Waals surface area contributed by atoms with E-state index in [9.17, 15) is 9.59 Å². The predicted octanol–water partition coefficient (Wildman–Crippen LogP) is 15.2. The van der Waals surface area contributed by atoms with Crippen LogP contribution in [0, 0.1) is 5.92 Å². The number of rotatable bonds is 46. The summed E-state index contributed by atoms with van der Waals surface area (Å²) in [6.45, 7) is 25.0. The Labute approximate surface area is 416 Å². The van der Waals surface area contributed by atoms with Gasteiger partial charge in [-0.25, -0.2) is 0 Å². The number of thiocarbonyl (C=S) groups is 1. The SMILES string of the molecule is CC.CCCCCCC(C)(CCCCCC)OCC(C)CCCCOC(=O)CN(CC(=O)OCCCCC(CC)OC(CCC)(CCCCCC)CCCCCC)C(=S)NCCCN(C)C. The van der Waals surface area contributed by atoms with Crippen molar-refractivity contribution in [1.82, 2.24) is 15.1 Å². The molecule has 0 amide bonds. The molecule has 0 aliphatic heterocycles. The summed E-state index contributed by atoms with van der Waals surface area (Å²) in [4.78, 5) is 29.9. The summed E-state index contributed by atoms with van der Waals surface area (Å²) in [7, 11) is 4.07. The summed E-state index contributed by atoms with van der Waals surface area (Å²) in [6, 6.07) is 0. The zero-order valence-electron chi connectivity index (χ0n) is 46.1. The lowest BCUT2D eigenvalue weighted by Gasteiger charge is -2.38. The Morgan fingerprint density at radius 3 is 1.50 bits per heavy atom. The molecule has 0 aromatic carbocycles. The van der Waals surface area contributed by atoms with Crippen LogP contribution in [0.4, 0.5) is 0 Å². The highest BCUT2D eigenvalue weighted by Crippen LogP contribution is 2.35. The van der Waals surface area contributed by atoms with Gasteiger partial charge in [-0.3, -0.25) is 9.59 Å². The van der Waals surface area contributed by atoms with Crippen LogP contribution in [0.25, 0.3) is 0 Å². The highest BCUT2D eigenvalue weighted by atomic mass is 32.1. The normalized spacial score (nSPS) is 12.7. The molecular formula is C56H113N3O6S. The van der Waals surface area contributed by atoms with E-state index in [4.69, 9.17) is 31.2 Å². The maximum atomic E-state index is 13.2. The fourth-order valence-corrected chi connectivity index (χ4v) is 8.98. The van der Waals surface area contributed by atoms with Crippen molar-refractivity contribution in [2.75, 3.05) is 60.1 Å². The molecule has 394 valence electrons. The first-order chi connectivity index (χ1) is 31.8. The molecule has 0 aliphatic rings. The van der Waals surface area contributed by atoms with Crippen molar-refractivity contribution in [3.8, 4) is 0 Å². The van der Waals surface area contributed by atoms with Gasteiger partial charge in [-0.1, -0.05) is 171 Å². The zero-order chi connectivity index (χ0) is 49.7. The van der Waals surface area contributed by atoms with E-state index in [2.05, 4.69) is 65.6 Å². The molecule has 2 atom stereocenters. The number of carbonyl (C=O) groups excluding carboxylic acids is 2. The molecule has 9 nitrogen and oxygen atoms in total. The van der Waals surface area contributed by atoms with Crippen molar-refractivity contribution >= 4 is 29.3 Å². The summed E-state index contributed by atoms with van der Waals surface area (Å²) in [5.41, 5.74) is -0.0647. The fourth-order valence-electron chi connectivity index (χ4n) is 8.75. The third-order valence-corrected chi connectivity index (χ3v) is 13.3. The number of ether oxygens (including phenoxy) is 4. The van der Waals surface area contributed by atoms with Gasteiger partial charge in [0.1, 0.15) is 13.1 Å². The maximum Gasteiger partial charge on any atom is 0.325 e. The second-order valence-electron chi connectivity index (χ2n) is 19.9. The Morgan fingerprint density at radius 2 is 1.06 bits per heavy atom. The van der Waals surface area contributed by atoms with E-state index in [-0.39, 0.29) is 42.3 Å². The molecule has 0 saturated carbocycles. The molecule has 66 heavy (non-hydrogen) atoms. The van der Waals surface area contributed by atoms with Gasteiger partial charge in [0.15, 0.2) is 5.11 Å². The first-order valence-electron chi connectivity index (χ1n) is 28.1. The molecule has 0 radical (unpaired) electrons. The van der Waals surface area contributed by atoms with Gasteiger partial charge in [-0.05, 0) is 129 Å². The average Bonchev–Trinajstić information content (AvgIpc) is 3.30. The molecule has 0 rings (SSSR count). The summed E-state index contributed by atoms with van der Waals surface area (Å²) in [6.07, 6.45) is 34.7. The van der Waals surface area contributed by atoms with Crippen LogP contribution in [0.5, 0.6) is 0 Å². The second kappa shape index (κ2) is 45.9. The molecule has 0 aromatic heterocycles. The van der Waals surface area contributed by atoms with Crippen molar-refractivity contribution in [3.63, 3.8) is 0 Å². The van der Waals surface area contributed by atoms with E-state index < -0.39 is 0 Å². The van der Waals surface area contributed by atoms with Crippen molar-refractivity contribution in [1.29, 1.82) is 0 Å². The van der Waals surface area contributed by atoms with Crippen molar-refractivity contribution in [3.05, 3.63) is 0 Å². The first kappa shape index (κ1) is 66.6. The smallest absolute Gasteiger partial charge is 0.325 e. The number of hydrogen-bond donors (Lipinski definition) is 1. The van der Waals surface area contributed by atoms with Crippen LogP contribution in [0.15, 0.2) is 0 Å². The van der Waals surface area contributed by atoms with Gasteiger partial charge in [0.2, 0.25) is 0 Å². The van der Waals surface area contributed by atoms with E-state index in [0.29, 0.717) is 30.8 Å². The molecule has 0 aliphatic carbocycles. The van der Waals surface area contributed by atoms with Gasteiger partial charge in [0.25, 0.3) is 0 Å².